The summed E-state index contributed by atoms with van der Waals surface area (Å²) in [6, 6.07) is 13.5. The maximum absolute atomic E-state index is 12.6. The van der Waals surface area contributed by atoms with Gasteiger partial charge in [0.25, 0.3) is 5.91 Å². The highest BCUT2D eigenvalue weighted by atomic mass is 79.9. The first-order chi connectivity index (χ1) is 11.9. The quantitative estimate of drug-likeness (QED) is 0.648. The minimum Gasteiger partial charge on any atom is -0.491 e. The molecule has 0 bridgehead atoms. The molecule has 6 heteroatoms. The third-order valence-electron chi connectivity index (χ3n) is 3.41. The highest BCUT2D eigenvalue weighted by Gasteiger charge is 2.14. The van der Waals surface area contributed by atoms with Crippen molar-refractivity contribution < 1.29 is 13.9 Å². The van der Waals surface area contributed by atoms with Crippen LogP contribution < -0.4 is 15.7 Å². The van der Waals surface area contributed by atoms with Gasteiger partial charge in [0, 0.05) is 27.7 Å². The number of rotatable bonds is 4. The zero-order chi connectivity index (χ0) is 18.0. The van der Waals surface area contributed by atoms with E-state index in [1.807, 2.05) is 26.0 Å². The van der Waals surface area contributed by atoms with Gasteiger partial charge in [0.2, 0.25) is 0 Å². The lowest BCUT2D eigenvalue weighted by Crippen LogP contribution is -2.15. The van der Waals surface area contributed by atoms with Gasteiger partial charge >= 0.3 is 5.63 Å². The number of amides is 1. The van der Waals surface area contributed by atoms with Crippen LogP contribution in [-0.4, -0.2) is 12.0 Å². The zero-order valence-electron chi connectivity index (χ0n) is 13.7. The Morgan fingerprint density at radius 3 is 2.68 bits per heavy atom. The highest BCUT2D eigenvalue weighted by molar-refractivity contribution is 9.10. The zero-order valence-corrected chi connectivity index (χ0v) is 15.3. The number of nitrogens with one attached hydrogen (secondary N) is 1. The fraction of sp³-hybridized carbons (Fsp3) is 0.158. The molecule has 0 saturated carbocycles. The van der Waals surface area contributed by atoms with Gasteiger partial charge in [0.1, 0.15) is 11.3 Å². The number of halogens is 1. The van der Waals surface area contributed by atoms with Crippen LogP contribution in [0.5, 0.6) is 5.75 Å². The van der Waals surface area contributed by atoms with E-state index < -0.39 is 5.63 Å². The van der Waals surface area contributed by atoms with E-state index in [1.54, 1.807) is 30.3 Å². The second-order valence-corrected chi connectivity index (χ2v) is 6.68. The average molecular weight is 402 g/mol. The third kappa shape index (κ3) is 4.09. The molecule has 0 radical (unpaired) electrons. The smallest absolute Gasteiger partial charge is 0.337 e. The number of ether oxygens (including phenoxy) is 1. The Morgan fingerprint density at radius 1 is 1.16 bits per heavy atom. The van der Waals surface area contributed by atoms with E-state index in [0.717, 1.165) is 4.47 Å². The maximum Gasteiger partial charge on any atom is 0.337 e. The summed E-state index contributed by atoms with van der Waals surface area (Å²) in [6.07, 6.45) is -0.00724. The van der Waals surface area contributed by atoms with Crippen molar-refractivity contribution in [2.45, 2.75) is 20.0 Å². The summed E-state index contributed by atoms with van der Waals surface area (Å²) in [5.41, 5.74) is 0.599. The Morgan fingerprint density at radius 2 is 1.96 bits per heavy atom. The van der Waals surface area contributed by atoms with Crippen LogP contribution >= 0.6 is 15.9 Å². The first-order valence-electron chi connectivity index (χ1n) is 7.74. The molecule has 0 aliphatic heterocycles. The number of carbonyl (C=O) groups is 1. The number of fused-ring (bicyclic) bond motifs is 1. The summed E-state index contributed by atoms with van der Waals surface area (Å²) in [4.78, 5) is 24.5. The largest absolute Gasteiger partial charge is 0.491 e. The lowest BCUT2D eigenvalue weighted by Gasteiger charge is -2.11. The number of carbonyl (C=O) groups excluding carboxylic acids is 1. The molecule has 1 aromatic heterocycles. The van der Waals surface area contributed by atoms with E-state index in [0.29, 0.717) is 22.4 Å². The van der Waals surface area contributed by atoms with Crippen LogP contribution in [-0.2, 0) is 0 Å². The van der Waals surface area contributed by atoms with Crippen LogP contribution in [0.1, 0.15) is 24.2 Å². The van der Waals surface area contributed by atoms with Crippen molar-refractivity contribution in [1.29, 1.82) is 0 Å². The predicted octanol–water partition coefficient (Wildman–Crippen LogP) is 4.60. The molecule has 1 heterocycles. The van der Waals surface area contributed by atoms with Crippen LogP contribution in [0.3, 0.4) is 0 Å². The summed E-state index contributed by atoms with van der Waals surface area (Å²) in [5, 5.41) is 3.33. The lowest BCUT2D eigenvalue weighted by atomic mass is 10.1. The Hall–Kier alpha value is -2.60. The molecule has 3 rings (SSSR count). The second kappa shape index (κ2) is 7.11. The molecule has 0 aliphatic carbocycles. The van der Waals surface area contributed by atoms with Crippen molar-refractivity contribution in [2.24, 2.45) is 0 Å². The fourth-order valence-electron chi connectivity index (χ4n) is 2.44. The molecule has 1 amide bonds. The van der Waals surface area contributed by atoms with Crippen molar-refractivity contribution in [1.82, 2.24) is 0 Å². The summed E-state index contributed by atoms with van der Waals surface area (Å²) in [7, 11) is 0. The first kappa shape index (κ1) is 17.2. The highest BCUT2D eigenvalue weighted by Crippen LogP contribution is 2.24. The van der Waals surface area contributed by atoms with E-state index in [1.165, 1.54) is 6.07 Å². The molecule has 25 heavy (non-hydrogen) atoms. The van der Waals surface area contributed by atoms with E-state index in [-0.39, 0.29) is 17.6 Å². The van der Waals surface area contributed by atoms with Gasteiger partial charge in [0.05, 0.1) is 11.7 Å². The van der Waals surface area contributed by atoms with Gasteiger partial charge in [-0.1, -0.05) is 22.0 Å². The molecule has 0 saturated heterocycles. The van der Waals surface area contributed by atoms with E-state index in [4.69, 9.17) is 9.15 Å². The summed E-state index contributed by atoms with van der Waals surface area (Å²) in [5.74, 6) is 0.198. The minimum absolute atomic E-state index is 0.00724. The minimum atomic E-state index is -0.589. The summed E-state index contributed by atoms with van der Waals surface area (Å²) < 4.78 is 11.7. The molecule has 0 unspecified atom stereocenters. The topological polar surface area (TPSA) is 68.5 Å². The summed E-state index contributed by atoms with van der Waals surface area (Å²) >= 11 is 3.36. The van der Waals surface area contributed by atoms with Crippen molar-refractivity contribution >= 4 is 38.5 Å². The standard InChI is InChI=1S/C19H16BrNO4/c1-11(2)24-14-6-7-15-16(10-18(22)25-17(15)9-14)19(23)21-13-5-3-4-12(20)8-13/h3-11H,1-2H3,(H,21,23). The number of anilines is 1. The van der Waals surface area contributed by atoms with Crippen molar-refractivity contribution in [3.63, 3.8) is 0 Å². The van der Waals surface area contributed by atoms with E-state index in [9.17, 15) is 9.59 Å². The van der Waals surface area contributed by atoms with Gasteiger partial charge in [-0.15, -0.1) is 0 Å². The predicted molar refractivity (Wildman–Crippen MR) is 100 cm³/mol. The molecule has 1 N–H and O–H groups in total. The van der Waals surface area contributed by atoms with Gasteiger partial charge in [-0.05, 0) is 44.2 Å². The van der Waals surface area contributed by atoms with Crippen molar-refractivity contribution in [3.8, 4) is 5.75 Å². The number of benzene rings is 2. The fourth-order valence-corrected chi connectivity index (χ4v) is 2.84. The van der Waals surface area contributed by atoms with Crippen LogP contribution in [0, 0.1) is 0 Å². The van der Waals surface area contributed by atoms with Gasteiger partial charge in [-0.2, -0.15) is 0 Å². The second-order valence-electron chi connectivity index (χ2n) is 5.77. The van der Waals surface area contributed by atoms with Gasteiger partial charge < -0.3 is 14.5 Å². The number of hydrogen-bond acceptors (Lipinski definition) is 4. The normalized spacial score (nSPS) is 10.9. The molecule has 0 aliphatic rings. The molecule has 128 valence electrons. The lowest BCUT2D eigenvalue weighted by molar-refractivity contribution is 0.102. The van der Waals surface area contributed by atoms with Crippen LogP contribution in [0.25, 0.3) is 11.0 Å². The Bertz CT molecular complexity index is 994. The van der Waals surface area contributed by atoms with Crippen LogP contribution in [0.4, 0.5) is 5.69 Å². The van der Waals surface area contributed by atoms with Crippen LogP contribution in [0.15, 0.2) is 62.2 Å². The number of hydrogen-bond donors (Lipinski definition) is 1. The van der Waals surface area contributed by atoms with Crippen molar-refractivity contribution in [2.75, 3.05) is 5.32 Å². The SMILES string of the molecule is CC(C)Oc1ccc2c(C(=O)Nc3cccc(Br)c3)cc(=O)oc2c1. The maximum atomic E-state index is 12.6. The van der Waals surface area contributed by atoms with Gasteiger partial charge in [-0.3, -0.25) is 4.79 Å². The molecular formula is C19H16BrNO4. The molecule has 0 spiro atoms. The van der Waals surface area contributed by atoms with Gasteiger partial charge in [0.15, 0.2) is 0 Å². The molecule has 5 nitrogen and oxygen atoms in total. The molecule has 0 atom stereocenters. The van der Waals surface area contributed by atoms with E-state index >= 15 is 0 Å². The first-order valence-corrected chi connectivity index (χ1v) is 8.53. The molecule has 2 aromatic carbocycles. The Kier molecular flexibility index (Phi) is 4.90. The third-order valence-corrected chi connectivity index (χ3v) is 3.91. The van der Waals surface area contributed by atoms with Crippen LogP contribution in [0.2, 0.25) is 0 Å². The molecule has 0 fully saturated rings. The summed E-state index contributed by atoms with van der Waals surface area (Å²) in [6.45, 7) is 3.81. The average Bonchev–Trinajstić information content (AvgIpc) is 2.53. The Labute approximate surface area is 152 Å². The molecular weight excluding hydrogens is 386 g/mol. The molecule has 3 aromatic rings. The van der Waals surface area contributed by atoms with E-state index in [2.05, 4.69) is 21.2 Å². The van der Waals surface area contributed by atoms with Gasteiger partial charge in [-0.25, -0.2) is 4.79 Å². The monoisotopic (exact) mass is 401 g/mol. The van der Waals surface area contributed by atoms with Crippen molar-refractivity contribution in [3.05, 3.63) is 69.0 Å². The Balaban J connectivity index is 2.00.